The van der Waals surface area contributed by atoms with Crippen molar-refractivity contribution < 1.29 is 19.1 Å². The Morgan fingerprint density at radius 1 is 1.42 bits per heavy atom. The van der Waals surface area contributed by atoms with E-state index in [1.54, 1.807) is 24.0 Å². The molecule has 138 valence electrons. The lowest BCUT2D eigenvalue weighted by molar-refractivity contribution is -0.141. The summed E-state index contributed by atoms with van der Waals surface area (Å²) in [5.41, 5.74) is 0.646. The van der Waals surface area contributed by atoms with E-state index in [1.807, 2.05) is 0 Å². The monoisotopic (exact) mass is 361 g/mol. The molecule has 2 atom stereocenters. The first-order valence-corrected chi connectivity index (χ1v) is 8.47. The maximum absolute atomic E-state index is 13.5. The second-order valence-electron chi connectivity index (χ2n) is 6.45. The number of carboxylic acid groups (broad SMARTS) is 1. The number of carbonyl (C=O) groups is 2. The van der Waals surface area contributed by atoms with Crippen LogP contribution in [0.1, 0.15) is 36.7 Å². The van der Waals surface area contributed by atoms with Gasteiger partial charge in [0.1, 0.15) is 17.7 Å². The van der Waals surface area contributed by atoms with Crippen LogP contribution in [0.5, 0.6) is 0 Å². The molecule has 0 radical (unpaired) electrons. The predicted molar refractivity (Wildman–Crippen MR) is 88.7 cm³/mol. The average Bonchev–Trinajstić information content (AvgIpc) is 3.20. The van der Waals surface area contributed by atoms with Gasteiger partial charge in [0, 0.05) is 19.0 Å². The first kappa shape index (κ1) is 18.0. The minimum Gasteiger partial charge on any atom is -0.481 e. The molecule has 0 bridgehead atoms. The van der Waals surface area contributed by atoms with Gasteiger partial charge in [-0.3, -0.25) is 9.59 Å². The van der Waals surface area contributed by atoms with E-state index in [4.69, 9.17) is 5.11 Å². The summed E-state index contributed by atoms with van der Waals surface area (Å²) in [6.45, 7) is 2.18. The summed E-state index contributed by atoms with van der Waals surface area (Å²) >= 11 is 0. The number of aryl methyl sites for hydroxylation is 1. The third kappa shape index (κ3) is 3.87. The van der Waals surface area contributed by atoms with E-state index in [9.17, 15) is 14.0 Å². The summed E-state index contributed by atoms with van der Waals surface area (Å²) in [5.74, 6) is -1.09. The Morgan fingerprint density at radius 2 is 2.23 bits per heavy atom. The molecule has 3 rings (SSSR count). The molecule has 1 aliphatic heterocycles. The van der Waals surface area contributed by atoms with Gasteiger partial charge in [-0.05, 0) is 47.9 Å². The Bertz CT molecular complexity index is 809. The molecule has 1 N–H and O–H groups in total. The Kier molecular flexibility index (Phi) is 5.24. The summed E-state index contributed by atoms with van der Waals surface area (Å²) in [6.07, 6.45) is 1.54. The van der Waals surface area contributed by atoms with Gasteiger partial charge in [-0.2, -0.15) is 0 Å². The minimum atomic E-state index is -0.935. The Hall–Kier alpha value is -2.84. The van der Waals surface area contributed by atoms with E-state index < -0.39 is 12.0 Å². The van der Waals surface area contributed by atoms with Crippen molar-refractivity contribution in [1.82, 2.24) is 25.1 Å². The normalized spacial score (nSPS) is 18.1. The van der Waals surface area contributed by atoms with Crippen LogP contribution < -0.4 is 0 Å². The van der Waals surface area contributed by atoms with E-state index in [0.29, 0.717) is 24.4 Å². The molecule has 1 fully saturated rings. The highest BCUT2D eigenvalue weighted by Gasteiger charge is 2.36. The Balaban J connectivity index is 1.89. The standard InChI is InChI=1S/C17H20FN5O3/c1-11-19-20-21-23(11)15(9-12-4-2-5-13(18)8-12)17(26)22-7-3-6-14(22)10-16(24)25/h2,4-5,8,14-15H,3,6-7,9-10H2,1H3,(H,24,25). The molecule has 2 aromatic rings. The van der Waals surface area contributed by atoms with E-state index in [-0.39, 0.29) is 30.6 Å². The summed E-state index contributed by atoms with van der Waals surface area (Å²) in [7, 11) is 0. The second kappa shape index (κ2) is 7.59. The maximum atomic E-state index is 13.5. The van der Waals surface area contributed by atoms with Crippen molar-refractivity contribution in [2.75, 3.05) is 6.54 Å². The van der Waals surface area contributed by atoms with Gasteiger partial charge in [-0.15, -0.1) is 5.10 Å². The van der Waals surface area contributed by atoms with Gasteiger partial charge in [0.25, 0.3) is 0 Å². The number of nitrogens with zero attached hydrogens (tertiary/aromatic N) is 5. The van der Waals surface area contributed by atoms with E-state index in [0.717, 1.165) is 6.42 Å². The molecule has 1 aromatic heterocycles. The van der Waals surface area contributed by atoms with Crippen LogP contribution in [0.4, 0.5) is 4.39 Å². The van der Waals surface area contributed by atoms with Crippen LogP contribution in [0.2, 0.25) is 0 Å². The van der Waals surface area contributed by atoms with Gasteiger partial charge in [0.05, 0.1) is 6.42 Å². The number of amides is 1. The van der Waals surface area contributed by atoms with E-state index in [2.05, 4.69) is 15.5 Å². The number of tetrazole rings is 1. The van der Waals surface area contributed by atoms with E-state index in [1.165, 1.54) is 16.8 Å². The quantitative estimate of drug-likeness (QED) is 0.834. The van der Waals surface area contributed by atoms with Crippen molar-refractivity contribution in [3.63, 3.8) is 0 Å². The lowest BCUT2D eigenvalue weighted by Gasteiger charge is -2.28. The molecular formula is C17H20FN5O3. The average molecular weight is 361 g/mol. The first-order valence-electron chi connectivity index (χ1n) is 8.47. The van der Waals surface area contributed by atoms with Gasteiger partial charge >= 0.3 is 5.97 Å². The molecule has 1 aliphatic rings. The largest absolute Gasteiger partial charge is 0.481 e. The van der Waals surface area contributed by atoms with Gasteiger partial charge in [0.2, 0.25) is 5.91 Å². The number of aromatic nitrogens is 4. The zero-order valence-corrected chi connectivity index (χ0v) is 14.4. The third-order valence-electron chi connectivity index (χ3n) is 4.63. The second-order valence-corrected chi connectivity index (χ2v) is 6.45. The molecule has 0 spiro atoms. The van der Waals surface area contributed by atoms with Crippen LogP contribution in [0, 0.1) is 12.7 Å². The van der Waals surface area contributed by atoms with Gasteiger partial charge in [-0.1, -0.05) is 12.1 Å². The summed E-state index contributed by atoms with van der Waals surface area (Å²) in [5, 5.41) is 20.4. The molecule has 0 aliphatic carbocycles. The van der Waals surface area contributed by atoms with Gasteiger partial charge in [-0.25, -0.2) is 9.07 Å². The van der Waals surface area contributed by atoms with Crippen LogP contribution in [0.3, 0.4) is 0 Å². The van der Waals surface area contributed by atoms with Crippen molar-refractivity contribution in [2.45, 2.75) is 44.7 Å². The fourth-order valence-corrected chi connectivity index (χ4v) is 3.42. The van der Waals surface area contributed by atoms with Crippen LogP contribution in [-0.2, 0) is 16.0 Å². The third-order valence-corrected chi connectivity index (χ3v) is 4.63. The topological polar surface area (TPSA) is 101 Å². The molecule has 8 nitrogen and oxygen atoms in total. The molecule has 0 saturated carbocycles. The lowest BCUT2D eigenvalue weighted by atomic mass is 10.0. The van der Waals surface area contributed by atoms with Crippen molar-refractivity contribution in [3.05, 3.63) is 41.5 Å². The number of hydrogen-bond donors (Lipinski definition) is 1. The van der Waals surface area contributed by atoms with Crippen molar-refractivity contribution in [3.8, 4) is 0 Å². The maximum Gasteiger partial charge on any atom is 0.305 e. The summed E-state index contributed by atoms with van der Waals surface area (Å²) in [6, 6.07) is 4.95. The molecule has 1 saturated heterocycles. The number of carbonyl (C=O) groups excluding carboxylic acids is 1. The number of halogens is 1. The predicted octanol–water partition coefficient (Wildman–Crippen LogP) is 1.37. The van der Waals surface area contributed by atoms with Crippen LogP contribution in [0.15, 0.2) is 24.3 Å². The fourth-order valence-electron chi connectivity index (χ4n) is 3.42. The number of likely N-dealkylation sites (tertiary alicyclic amines) is 1. The SMILES string of the molecule is Cc1nnnn1C(Cc1cccc(F)c1)C(=O)N1CCCC1CC(=O)O. The first-order chi connectivity index (χ1) is 12.5. The van der Waals surface area contributed by atoms with Gasteiger partial charge < -0.3 is 10.0 Å². The number of aliphatic carboxylic acids is 1. The highest BCUT2D eigenvalue weighted by molar-refractivity contribution is 5.82. The van der Waals surface area contributed by atoms with Crippen molar-refractivity contribution in [1.29, 1.82) is 0 Å². The number of benzene rings is 1. The fraction of sp³-hybridized carbons (Fsp3) is 0.471. The van der Waals surface area contributed by atoms with Crippen molar-refractivity contribution in [2.24, 2.45) is 0 Å². The van der Waals surface area contributed by atoms with E-state index >= 15 is 0 Å². The molecular weight excluding hydrogens is 341 g/mol. The van der Waals surface area contributed by atoms with Crippen molar-refractivity contribution >= 4 is 11.9 Å². The molecule has 1 amide bonds. The van der Waals surface area contributed by atoms with Crippen LogP contribution in [-0.4, -0.2) is 54.7 Å². The van der Waals surface area contributed by atoms with Gasteiger partial charge in [0.15, 0.2) is 0 Å². The number of rotatable bonds is 6. The highest BCUT2D eigenvalue weighted by Crippen LogP contribution is 2.26. The Morgan fingerprint density at radius 3 is 2.88 bits per heavy atom. The molecule has 1 aromatic carbocycles. The Labute approximate surface area is 149 Å². The summed E-state index contributed by atoms with van der Waals surface area (Å²) < 4.78 is 15.0. The van der Waals surface area contributed by atoms with Crippen LogP contribution in [0.25, 0.3) is 0 Å². The zero-order valence-electron chi connectivity index (χ0n) is 14.4. The minimum absolute atomic E-state index is 0.0903. The molecule has 2 heterocycles. The number of carboxylic acids is 1. The highest BCUT2D eigenvalue weighted by atomic mass is 19.1. The molecule has 26 heavy (non-hydrogen) atoms. The summed E-state index contributed by atoms with van der Waals surface area (Å²) in [4.78, 5) is 25.9. The lowest BCUT2D eigenvalue weighted by Crippen LogP contribution is -2.42. The smallest absolute Gasteiger partial charge is 0.305 e. The number of hydrogen-bond acceptors (Lipinski definition) is 5. The van der Waals surface area contributed by atoms with Crippen LogP contribution >= 0.6 is 0 Å². The molecule has 2 unspecified atom stereocenters. The zero-order chi connectivity index (χ0) is 18.7. The molecule has 9 heteroatoms.